The number of hydrogen-bond acceptors (Lipinski definition) is 5. The summed E-state index contributed by atoms with van der Waals surface area (Å²) in [5, 5.41) is 17.5. The number of esters is 1. The highest BCUT2D eigenvalue weighted by Gasteiger charge is 2.13. The number of ether oxygens (including phenoxy) is 1. The van der Waals surface area contributed by atoms with Crippen molar-refractivity contribution in [2.75, 3.05) is 7.11 Å². The lowest BCUT2D eigenvalue weighted by Gasteiger charge is -2.01. The highest BCUT2D eigenvalue weighted by molar-refractivity contribution is 6.06. The van der Waals surface area contributed by atoms with E-state index in [4.69, 9.17) is 10.5 Å². The summed E-state index contributed by atoms with van der Waals surface area (Å²) in [6, 6.07) is 7.74. The number of hydrogen-bond donors (Lipinski definition) is 0. The molecule has 5 heteroatoms. The lowest BCUT2D eigenvalue weighted by Crippen LogP contribution is -2.09. The first kappa shape index (κ1) is 12.4. The van der Waals surface area contributed by atoms with Gasteiger partial charge >= 0.3 is 5.97 Å². The molecule has 0 amide bonds. The SMILES string of the molecule is COC(=O)CC(=O)c1ccc(C#N)c(C#N)c1. The van der Waals surface area contributed by atoms with Gasteiger partial charge in [-0.2, -0.15) is 10.5 Å². The average Bonchev–Trinajstić information content (AvgIpc) is 2.37. The van der Waals surface area contributed by atoms with Gasteiger partial charge in [0.2, 0.25) is 0 Å². The van der Waals surface area contributed by atoms with Crippen molar-refractivity contribution in [1.82, 2.24) is 0 Å². The van der Waals surface area contributed by atoms with Gasteiger partial charge in [-0.1, -0.05) is 0 Å². The minimum atomic E-state index is -0.641. The minimum Gasteiger partial charge on any atom is -0.469 e. The van der Waals surface area contributed by atoms with Gasteiger partial charge in [0.05, 0.1) is 18.2 Å². The molecular weight excluding hydrogens is 220 g/mol. The molecule has 0 aromatic heterocycles. The highest BCUT2D eigenvalue weighted by atomic mass is 16.5. The number of carbonyl (C=O) groups is 2. The zero-order valence-corrected chi connectivity index (χ0v) is 9.06. The molecule has 0 unspecified atom stereocenters. The fourth-order valence-corrected chi connectivity index (χ4v) is 1.21. The Labute approximate surface area is 97.8 Å². The Morgan fingerprint density at radius 2 is 1.88 bits per heavy atom. The molecule has 0 atom stereocenters. The summed E-state index contributed by atoms with van der Waals surface area (Å²) in [7, 11) is 1.19. The summed E-state index contributed by atoms with van der Waals surface area (Å²) in [6.07, 6.45) is -0.382. The first-order chi connectivity index (χ1) is 8.12. The standard InChI is InChI=1S/C12H8N2O3/c1-17-12(16)5-11(15)8-2-3-9(6-13)10(4-8)7-14/h2-4H,5H2,1H3. The quantitative estimate of drug-likeness (QED) is 0.440. The number of benzene rings is 1. The summed E-state index contributed by atoms with van der Waals surface area (Å²) in [5.74, 6) is -1.09. The first-order valence-corrected chi connectivity index (χ1v) is 4.66. The van der Waals surface area contributed by atoms with E-state index < -0.39 is 11.8 Å². The Bertz CT molecular complexity index is 550. The molecule has 0 heterocycles. The number of ketones is 1. The average molecular weight is 228 g/mol. The number of rotatable bonds is 3. The van der Waals surface area contributed by atoms with E-state index in [0.717, 1.165) is 0 Å². The van der Waals surface area contributed by atoms with Gasteiger partial charge in [-0.3, -0.25) is 9.59 Å². The van der Waals surface area contributed by atoms with E-state index in [0.29, 0.717) is 0 Å². The summed E-state index contributed by atoms with van der Waals surface area (Å²) >= 11 is 0. The van der Waals surface area contributed by atoms with Gasteiger partial charge in [-0.15, -0.1) is 0 Å². The number of carbonyl (C=O) groups excluding carboxylic acids is 2. The maximum atomic E-state index is 11.6. The van der Waals surface area contributed by atoms with Gasteiger partial charge in [0.15, 0.2) is 5.78 Å². The second-order valence-electron chi connectivity index (χ2n) is 3.16. The van der Waals surface area contributed by atoms with E-state index in [2.05, 4.69) is 4.74 Å². The Kier molecular flexibility index (Phi) is 3.96. The lowest BCUT2D eigenvalue weighted by atomic mass is 10.0. The smallest absolute Gasteiger partial charge is 0.313 e. The van der Waals surface area contributed by atoms with E-state index in [1.807, 2.05) is 12.1 Å². The van der Waals surface area contributed by atoms with Crippen molar-refractivity contribution >= 4 is 11.8 Å². The fraction of sp³-hybridized carbons (Fsp3) is 0.167. The Balaban J connectivity index is 3.02. The third-order valence-electron chi connectivity index (χ3n) is 2.12. The molecule has 0 bridgehead atoms. The molecular formula is C12H8N2O3. The highest BCUT2D eigenvalue weighted by Crippen LogP contribution is 2.12. The van der Waals surface area contributed by atoms with Crippen molar-refractivity contribution in [1.29, 1.82) is 10.5 Å². The van der Waals surface area contributed by atoms with Crippen molar-refractivity contribution in [3.63, 3.8) is 0 Å². The Hall–Kier alpha value is -2.66. The first-order valence-electron chi connectivity index (χ1n) is 4.66. The van der Waals surface area contributed by atoms with Gasteiger partial charge < -0.3 is 4.74 Å². The molecule has 1 aromatic carbocycles. The monoisotopic (exact) mass is 228 g/mol. The van der Waals surface area contributed by atoms with Gasteiger partial charge in [0, 0.05) is 5.56 Å². The Morgan fingerprint density at radius 3 is 2.41 bits per heavy atom. The van der Waals surface area contributed by atoms with Crippen LogP contribution in [-0.2, 0) is 9.53 Å². The third-order valence-corrected chi connectivity index (χ3v) is 2.12. The van der Waals surface area contributed by atoms with Gasteiger partial charge in [0.1, 0.15) is 18.6 Å². The number of nitriles is 2. The third kappa shape index (κ3) is 2.90. The Morgan fingerprint density at radius 1 is 1.24 bits per heavy atom. The van der Waals surface area contributed by atoms with Crippen LogP contribution in [0.1, 0.15) is 27.9 Å². The molecule has 1 rings (SSSR count). The molecule has 84 valence electrons. The summed E-state index contributed by atoms with van der Waals surface area (Å²) in [6.45, 7) is 0. The van der Waals surface area contributed by atoms with Crippen LogP contribution in [0.5, 0.6) is 0 Å². The van der Waals surface area contributed by atoms with Crippen molar-refractivity contribution in [3.8, 4) is 12.1 Å². The zero-order valence-electron chi connectivity index (χ0n) is 9.06. The van der Waals surface area contributed by atoms with Crippen LogP contribution in [0.2, 0.25) is 0 Å². The molecule has 0 N–H and O–H groups in total. The fourth-order valence-electron chi connectivity index (χ4n) is 1.21. The van der Waals surface area contributed by atoms with E-state index in [1.54, 1.807) is 0 Å². The van der Waals surface area contributed by atoms with E-state index in [-0.39, 0.29) is 23.1 Å². The summed E-state index contributed by atoms with van der Waals surface area (Å²) in [5.41, 5.74) is 0.524. The molecule has 0 spiro atoms. The molecule has 1 aromatic rings. The lowest BCUT2D eigenvalue weighted by molar-refractivity contribution is -0.139. The van der Waals surface area contributed by atoms with Crippen LogP contribution in [0.15, 0.2) is 18.2 Å². The topological polar surface area (TPSA) is 90.9 Å². The van der Waals surface area contributed by atoms with Crippen molar-refractivity contribution < 1.29 is 14.3 Å². The van der Waals surface area contributed by atoms with Crippen molar-refractivity contribution in [2.45, 2.75) is 6.42 Å². The van der Waals surface area contributed by atoms with Crippen molar-refractivity contribution in [3.05, 3.63) is 34.9 Å². The molecule has 5 nitrogen and oxygen atoms in total. The van der Waals surface area contributed by atoms with Crippen LogP contribution in [0, 0.1) is 22.7 Å². The number of nitrogens with zero attached hydrogens (tertiary/aromatic N) is 2. The second kappa shape index (κ2) is 5.43. The predicted octanol–water partition coefficient (Wildman–Crippen LogP) is 1.18. The molecule has 0 aliphatic heterocycles. The largest absolute Gasteiger partial charge is 0.469 e. The molecule has 0 aliphatic rings. The molecule has 0 fully saturated rings. The molecule has 0 radical (unpaired) electrons. The summed E-state index contributed by atoms with van der Waals surface area (Å²) < 4.78 is 4.37. The second-order valence-corrected chi connectivity index (χ2v) is 3.16. The van der Waals surface area contributed by atoms with E-state index in [9.17, 15) is 9.59 Å². The molecule has 0 saturated carbocycles. The predicted molar refractivity (Wildman–Crippen MR) is 56.8 cm³/mol. The van der Waals surface area contributed by atoms with Crippen LogP contribution in [0.3, 0.4) is 0 Å². The van der Waals surface area contributed by atoms with Crippen LogP contribution < -0.4 is 0 Å². The van der Waals surface area contributed by atoms with Crippen LogP contribution in [0.4, 0.5) is 0 Å². The number of Topliss-reactive ketones (excluding diaryl/α,β-unsaturated/α-hetero) is 1. The molecule has 0 saturated heterocycles. The van der Waals surface area contributed by atoms with E-state index in [1.165, 1.54) is 25.3 Å². The van der Waals surface area contributed by atoms with Gasteiger partial charge in [-0.25, -0.2) is 0 Å². The van der Waals surface area contributed by atoms with Gasteiger partial charge in [0.25, 0.3) is 0 Å². The zero-order chi connectivity index (χ0) is 12.8. The normalized spacial score (nSPS) is 8.88. The van der Waals surface area contributed by atoms with Gasteiger partial charge in [-0.05, 0) is 18.2 Å². The molecule has 17 heavy (non-hydrogen) atoms. The maximum Gasteiger partial charge on any atom is 0.313 e. The van der Waals surface area contributed by atoms with Crippen LogP contribution in [0.25, 0.3) is 0 Å². The number of methoxy groups -OCH3 is 1. The van der Waals surface area contributed by atoms with Crippen molar-refractivity contribution in [2.24, 2.45) is 0 Å². The maximum absolute atomic E-state index is 11.6. The minimum absolute atomic E-state index is 0.114. The van der Waals surface area contributed by atoms with Crippen LogP contribution in [-0.4, -0.2) is 18.9 Å². The van der Waals surface area contributed by atoms with E-state index >= 15 is 0 Å². The molecule has 0 aliphatic carbocycles. The van der Waals surface area contributed by atoms with Crippen LogP contribution >= 0.6 is 0 Å². The summed E-state index contributed by atoms with van der Waals surface area (Å²) in [4.78, 5) is 22.5.